The Hall–Kier alpha value is 0. The maximum atomic E-state index is 2.40. The lowest BCUT2D eigenvalue weighted by Gasteiger charge is -2.42. The molecule has 0 N–H and O–H groups in total. The van der Waals surface area contributed by atoms with Crippen molar-refractivity contribution in [1.82, 2.24) is 0 Å². The van der Waals surface area contributed by atoms with Crippen molar-refractivity contribution in [2.24, 2.45) is 47.3 Å². The summed E-state index contributed by atoms with van der Waals surface area (Å²) in [6.45, 7) is 32.0. The lowest BCUT2D eigenvalue weighted by molar-refractivity contribution is 0.0797. The highest BCUT2D eigenvalue weighted by molar-refractivity contribution is 4.84. The van der Waals surface area contributed by atoms with E-state index in [1.807, 2.05) is 0 Å². The standard InChI is InChI=1S/C10H20.C8H18.C6H14.C5H12/c1-7(2)5-10-8(3)6-9(10)4;1-5-8(4)6-7(2)3;1-4-6(3)5-2;1-4-5(2)3/h7-10H,5-6H2,1-4H3;7-8H,5-6H2,1-4H3;6H,4-5H2,1-3H3;5H,4H2,1-3H3. The first-order valence-electron chi connectivity index (χ1n) is 13.4. The molecule has 1 aliphatic carbocycles. The zero-order valence-corrected chi connectivity index (χ0v) is 23.6. The van der Waals surface area contributed by atoms with Gasteiger partial charge in [-0.1, -0.05) is 123 Å². The van der Waals surface area contributed by atoms with Gasteiger partial charge in [0.25, 0.3) is 0 Å². The van der Waals surface area contributed by atoms with Gasteiger partial charge in [0, 0.05) is 0 Å². The van der Waals surface area contributed by atoms with E-state index in [2.05, 4.69) is 96.9 Å². The van der Waals surface area contributed by atoms with Crippen LogP contribution in [0.2, 0.25) is 0 Å². The second-order valence-electron chi connectivity index (χ2n) is 11.4. The van der Waals surface area contributed by atoms with Crippen molar-refractivity contribution < 1.29 is 0 Å². The van der Waals surface area contributed by atoms with Gasteiger partial charge in [-0.05, 0) is 66.6 Å². The molecule has 0 heteroatoms. The Balaban J connectivity index is -0.000000323. The minimum Gasteiger partial charge on any atom is -0.0651 e. The zero-order chi connectivity index (χ0) is 23.6. The van der Waals surface area contributed by atoms with E-state index in [1.165, 1.54) is 44.9 Å². The summed E-state index contributed by atoms with van der Waals surface area (Å²) in [7, 11) is 0. The van der Waals surface area contributed by atoms with Gasteiger partial charge >= 0.3 is 0 Å². The number of hydrogen-bond donors (Lipinski definition) is 0. The molecule has 1 fully saturated rings. The van der Waals surface area contributed by atoms with E-state index in [4.69, 9.17) is 0 Å². The van der Waals surface area contributed by atoms with Crippen LogP contribution in [0.25, 0.3) is 0 Å². The van der Waals surface area contributed by atoms with E-state index in [9.17, 15) is 0 Å². The molecule has 0 heterocycles. The molecule has 0 radical (unpaired) electrons. The fourth-order valence-electron chi connectivity index (χ4n) is 3.57. The Morgan fingerprint density at radius 3 is 1.03 bits per heavy atom. The van der Waals surface area contributed by atoms with Gasteiger partial charge in [0.2, 0.25) is 0 Å². The maximum Gasteiger partial charge on any atom is -0.0360 e. The number of rotatable bonds is 8. The molecule has 0 bridgehead atoms. The van der Waals surface area contributed by atoms with E-state index in [0.29, 0.717) is 0 Å². The molecular weight excluding hydrogens is 348 g/mol. The first-order valence-corrected chi connectivity index (χ1v) is 13.4. The lowest BCUT2D eigenvalue weighted by atomic mass is 9.64. The van der Waals surface area contributed by atoms with Gasteiger partial charge in [0.1, 0.15) is 0 Å². The molecule has 0 amide bonds. The molecule has 0 spiro atoms. The normalized spacial score (nSPS) is 21.5. The Kier molecular flexibility index (Phi) is 24.6. The third kappa shape index (κ3) is 24.1. The van der Waals surface area contributed by atoms with Gasteiger partial charge in [-0.15, -0.1) is 0 Å². The molecule has 3 atom stereocenters. The van der Waals surface area contributed by atoms with Crippen LogP contribution in [0.15, 0.2) is 0 Å². The summed E-state index contributed by atoms with van der Waals surface area (Å²) in [6.07, 6.45) is 9.60. The summed E-state index contributed by atoms with van der Waals surface area (Å²) in [4.78, 5) is 0. The Bertz CT molecular complexity index is 289. The molecule has 180 valence electrons. The molecule has 0 aromatic heterocycles. The van der Waals surface area contributed by atoms with E-state index in [1.54, 1.807) is 0 Å². The highest BCUT2D eigenvalue weighted by Gasteiger charge is 2.34. The summed E-state index contributed by atoms with van der Waals surface area (Å²) in [6, 6.07) is 0. The monoisotopic (exact) mass is 413 g/mol. The van der Waals surface area contributed by atoms with Crippen LogP contribution in [0.3, 0.4) is 0 Å². The molecule has 1 rings (SSSR count). The first-order chi connectivity index (χ1) is 13.4. The van der Waals surface area contributed by atoms with Gasteiger partial charge in [-0.25, -0.2) is 0 Å². The minimum absolute atomic E-state index is 0.880. The van der Waals surface area contributed by atoms with Crippen molar-refractivity contribution >= 4 is 0 Å². The fraction of sp³-hybridized carbons (Fsp3) is 1.00. The molecule has 1 saturated carbocycles. The van der Waals surface area contributed by atoms with Crippen LogP contribution in [0.1, 0.15) is 142 Å². The van der Waals surface area contributed by atoms with Crippen LogP contribution in [0.4, 0.5) is 0 Å². The number of hydrogen-bond acceptors (Lipinski definition) is 0. The smallest absolute Gasteiger partial charge is 0.0360 e. The van der Waals surface area contributed by atoms with E-state index in [0.717, 1.165) is 47.3 Å². The predicted molar refractivity (Wildman–Crippen MR) is 140 cm³/mol. The molecule has 0 aromatic carbocycles. The minimum atomic E-state index is 0.880. The third-order valence-electron chi connectivity index (χ3n) is 6.73. The van der Waals surface area contributed by atoms with Gasteiger partial charge in [0.05, 0.1) is 0 Å². The van der Waals surface area contributed by atoms with Gasteiger partial charge < -0.3 is 0 Å². The maximum absolute atomic E-state index is 2.40. The van der Waals surface area contributed by atoms with Crippen molar-refractivity contribution in [2.75, 3.05) is 0 Å². The lowest BCUT2D eigenvalue weighted by Crippen LogP contribution is -2.33. The first kappa shape index (κ1) is 33.6. The van der Waals surface area contributed by atoms with Crippen LogP contribution in [-0.2, 0) is 0 Å². The highest BCUT2D eigenvalue weighted by atomic mass is 14.4. The molecule has 29 heavy (non-hydrogen) atoms. The molecule has 1 aliphatic rings. The van der Waals surface area contributed by atoms with Crippen LogP contribution >= 0.6 is 0 Å². The zero-order valence-electron chi connectivity index (χ0n) is 23.6. The quantitative estimate of drug-likeness (QED) is 0.371. The van der Waals surface area contributed by atoms with Crippen LogP contribution in [0.5, 0.6) is 0 Å². The second kappa shape index (κ2) is 21.2. The topological polar surface area (TPSA) is 0 Å². The molecular formula is C29H64. The van der Waals surface area contributed by atoms with E-state index in [-0.39, 0.29) is 0 Å². The van der Waals surface area contributed by atoms with Gasteiger partial charge in [-0.3, -0.25) is 0 Å². The van der Waals surface area contributed by atoms with Gasteiger partial charge in [0.15, 0.2) is 0 Å². The Morgan fingerprint density at radius 2 is 0.931 bits per heavy atom. The molecule has 0 aromatic rings. The Labute approximate surface area is 189 Å². The molecule has 0 nitrogen and oxygen atoms in total. The second-order valence-corrected chi connectivity index (χ2v) is 11.4. The Morgan fingerprint density at radius 1 is 0.552 bits per heavy atom. The van der Waals surface area contributed by atoms with Crippen molar-refractivity contribution in [1.29, 1.82) is 0 Å². The molecule has 0 aliphatic heterocycles. The van der Waals surface area contributed by atoms with Crippen molar-refractivity contribution in [3.05, 3.63) is 0 Å². The third-order valence-corrected chi connectivity index (χ3v) is 6.73. The summed E-state index contributed by atoms with van der Waals surface area (Å²) in [5, 5.41) is 0. The van der Waals surface area contributed by atoms with E-state index >= 15 is 0 Å². The summed E-state index contributed by atoms with van der Waals surface area (Å²) in [5.74, 6) is 7.59. The molecule has 3 unspecified atom stereocenters. The van der Waals surface area contributed by atoms with Crippen LogP contribution < -0.4 is 0 Å². The summed E-state index contributed by atoms with van der Waals surface area (Å²) < 4.78 is 0. The fourth-order valence-corrected chi connectivity index (χ4v) is 3.57. The predicted octanol–water partition coefficient (Wildman–Crippen LogP) is 10.9. The summed E-state index contributed by atoms with van der Waals surface area (Å²) in [5.41, 5.74) is 0. The SMILES string of the molecule is CC(C)CC1C(C)CC1C.CCC(C)C.CCC(C)CC.CCC(C)CC(C)C. The van der Waals surface area contributed by atoms with Crippen molar-refractivity contribution in [3.63, 3.8) is 0 Å². The van der Waals surface area contributed by atoms with Crippen LogP contribution in [-0.4, -0.2) is 0 Å². The largest absolute Gasteiger partial charge is 0.0651 e. The van der Waals surface area contributed by atoms with E-state index < -0.39 is 0 Å². The molecule has 0 saturated heterocycles. The van der Waals surface area contributed by atoms with Crippen molar-refractivity contribution in [2.45, 2.75) is 142 Å². The van der Waals surface area contributed by atoms with Gasteiger partial charge in [-0.2, -0.15) is 0 Å². The van der Waals surface area contributed by atoms with Crippen LogP contribution in [0, 0.1) is 47.3 Å². The average molecular weight is 413 g/mol. The summed E-state index contributed by atoms with van der Waals surface area (Å²) >= 11 is 0. The van der Waals surface area contributed by atoms with Crippen molar-refractivity contribution in [3.8, 4) is 0 Å². The highest BCUT2D eigenvalue weighted by Crippen LogP contribution is 2.43. The average Bonchev–Trinajstić information content (AvgIpc) is 2.66.